The lowest BCUT2D eigenvalue weighted by Crippen LogP contribution is -2.55. The van der Waals surface area contributed by atoms with Crippen LogP contribution in [-0.2, 0) is 38.1 Å². The van der Waals surface area contributed by atoms with Crippen LogP contribution in [0.3, 0.4) is 0 Å². The number of amides is 4. The Hall–Kier alpha value is -3.66. The first kappa shape index (κ1) is 37.6. The fourth-order valence-electron chi connectivity index (χ4n) is 7.89. The van der Waals surface area contributed by atoms with E-state index in [0.29, 0.717) is 71.6 Å². The average molecular weight is 708 g/mol. The first-order valence-electron chi connectivity index (χ1n) is 17.6. The summed E-state index contributed by atoms with van der Waals surface area (Å²) in [5.74, 6) is -5.43. The summed E-state index contributed by atoms with van der Waals surface area (Å²) in [5, 5.41) is 20.9. The molecule has 6 fully saturated rings. The van der Waals surface area contributed by atoms with Crippen LogP contribution in [0.5, 0.6) is 0 Å². The summed E-state index contributed by atoms with van der Waals surface area (Å²) in [5.41, 5.74) is -1.12. The lowest BCUT2D eigenvalue weighted by molar-refractivity contribution is -0.314. The number of ether oxygens (including phenoxy) is 4. The van der Waals surface area contributed by atoms with Gasteiger partial charge in [-0.3, -0.25) is 14.4 Å². The van der Waals surface area contributed by atoms with Gasteiger partial charge in [0.15, 0.2) is 0 Å². The van der Waals surface area contributed by atoms with Crippen LogP contribution in [0, 0.1) is 23.7 Å². The molecule has 1 N–H and O–H groups in total. The van der Waals surface area contributed by atoms with Crippen LogP contribution >= 0.6 is 0 Å². The molecule has 0 aromatic carbocycles. The maximum Gasteiger partial charge on any atom is 0.410 e. The number of nitrogens with zero attached hydrogens (tertiary/aromatic N) is 4. The summed E-state index contributed by atoms with van der Waals surface area (Å²) in [6, 6.07) is 0. The molecule has 280 valence electrons. The van der Waals surface area contributed by atoms with Gasteiger partial charge < -0.3 is 53.6 Å². The highest BCUT2D eigenvalue weighted by molar-refractivity contribution is 5.87. The van der Waals surface area contributed by atoms with Crippen LogP contribution < -0.4 is 5.11 Å². The molecule has 4 unspecified atom stereocenters. The molecule has 0 saturated carbocycles. The van der Waals surface area contributed by atoms with Crippen molar-refractivity contribution < 1.29 is 57.9 Å². The van der Waals surface area contributed by atoms with Crippen molar-refractivity contribution >= 4 is 35.9 Å². The van der Waals surface area contributed by atoms with Gasteiger partial charge in [-0.25, -0.2) is 9.59 Å². The van der Waals surface area contributed by atoms with Gasteiger partial charge in [0.25, 0.3) is 0 Å². The van der Waals surface area contributed by atoms with Crippen molar-refractivity contribution in [1.29, 1.82) is 0 Å². The largest absolute Gasteiger partial charge is 0.550 e. The normalized spacial score (nSPS) is 32.0. The molecule has 6 aliphatic heterocycles. The Kier molecular flexibility index (Phi) is 10.9. The van der Waals surface area contributed by atoms with E-state index in [1.165, 1.54) is 0 Å². The molecule has 16 nitrogen and oxygen atoms in total. The monoisotopic (exact) mass is 707 g/mol. The highest BCUT2D eigenvalue weighted by Crippen LogP contribution is 2.45. The van der Waals surface area contributed by atoms with E-state index in [-0.39, 0.29) is 36.2 Å². The third kappa shape index (κ3) is 8.27. The Balaban J connectivity index is 0.000000194. The highest BCUT2D eigenvalue weighted by Gasteiger charge is 2.57. The Labute approximate surface area is 292 Å². The molecule has 8 atom stereocenters. The topological polar surface area (TPSA) is 196 Å². The molecule has 0 radical (unpaired) electrons. The van der Waals surface area contributed by atoms with Gasteiger partial charge in [0.05, 0.1) is 42.2 Å². The number of piperazine rings is 2. The van der Waals surface area contributed by atoms with Gasteiger partial charge in [-0.1, -0.05) is 0 Å². The summed E-state index contributed by atoms with van der Waals surface area (Å²) in [6.07, 6.45) is 0.669. The maximum absolute atomic E-state index is 12.9. The number of fused-ring (bicyclic) bond motifs is 4. The number of aliphatic carboxylic acids is 2. The number of rotatable bonds is 4. The molecular weight excluding hydrogens is 656 g/mol. The van der Waals surface area contributed by atoms with Crippen molar-refractivity contribution in [3.63, 3.8) is 0 Å². The van der Waals surface area contributed by atoms with E-state index < -0.39 is 59.0 Å². The smallest absolute Gasteiger partial charge is 0.410 e. The zero-order valence-corrected chi connectivity index (χ0v) is 29.8. The molecule has 0 aromatic rings. The Morgan fingerprint density at radius 3 is 1.16 bits per heavy atom. The van der Waals surface area contributed by atoms with Crippen LogP contribution in [0.1, 0.15) is 67.2 Å². The van der Waals surface area contributed by atoms with Gasteiger partial charge in [0, 0.05) is 64.2 Å². The third-order valence-corrected chi connectivity index (χ3v) is 10.2. The Morgan fingerprint density at radius 1 is 0.540 bits per heavy atom. The second kappa shape index (κ2) is 14.5. The summed E-state index contributed by atoms with van der Waals surface area (Å²) in [7, 11) is 0. The molecule has 4 amide bonds. The van der Waals surface area contributed by atoms with Crippen LogP contribution in [0.15, 0.2) is 0 Å². The van der Waals surface area contributed by atoms with E-state index in [4.69, 9.17) is 18.9 Å². The molecule has 6 saturated heterocycles. The first-order valence-corrected chi connectivity index (χ1v) is 17.6. The molecule has 0 aromatic heterocycles. The number of carboxylic acids is 2. The number of carbonyl (C=O) groups is 6. The summed E-state index contributed by atoms with van der Waals surface area (Å²) < 4.78 is 22.0. The van der Waals surface area contributed by atoms with Crippen LogP contribution in [0.2, 0.25) is 0 Å². The van der Waals surface area contributed by atoms with E-state index in [9.17, 15) is 39.0 Å². The predicted molar refractivity (Wildman–Crippen MR) is 171 cm³/mol. The molecule has 6 rings (SSSR count). The molecular formula is C34H51N4O12-. The molecule has 0 aliphatic carbocycles. The molecule has 16 heteroatoms. The minimum atomic E-state index is -1.21. The lowest BCUT2D eigenvalue weighted by Gasteiger charge is -2.38. The minimum absolute atomic E-state index is 0.163. The predicted octanol–water partition coefficient (Wildman–Crippen LogP) is 0.553. The first-order chi connectivity index (χ1) is 23.3. The van der Waals surface area contributed by atoms with E-state index >= 15 is 0 Å². The SMILES string of the molecule is CC(C)(C)OC(=O)N1CCN(C(=O)C2C(C(=O)O)[C@H]3CC[C@@H]2O3)CC1.CC(C)(C)OC(=O)N1CCN(C(=O)C2C(C(=O)[O-])[C@H]3CC[C@@H]2O3)CC1. The molecule has 6 heterocycles. The van der Waals surface area contributed by atoms with Crippen molar-refractivity contribution in [3.8, 4) is 0 Å². The maximum atomic E-state index is 12.9. The van der Waals surface area contributed by atoms with Crippen molar-refractivity contribution in [2.75, 3.05) is 52.4 Å². The number of hydrogen-bond donors (Lipinski definition) is 1. The minimum Gasteiger partial charge on any atom is -0.550 e. The highest BCUT2D eigenvalue weighted by atomic mass is 16.6. The fraction of sp³-hybridized carbons (Fsp3) is 0.824. The van der Waals surface area contributed by atoms with Gasteiger partial charge in [0.2, 0.25) is 11.8 Å². The quantitative estimate of drug-likeness (QED) is 0.427. The van der Waals surface area contributed by atoms with Crippen molar-refractivity contribution in [2.24, 2.45) is 23.7 Å². The Bertz CT molecular complexity index is 1230. The molecule has 50 heavy (non-hydrogen) atoms. The van der Waals surface area contributed by atoms with Crippen LogP contribution in [0.4, 0.5) is 9.59 Å². The number of hydrogen-bond acceptors (Lipinski definition) is 11. The van der Waals surface area contributed by atoms with E-state index in [0.717, 1.165) is 6.42 Å². The van der Waals surface area contributed by atoms with E-state index in [1.54, 1.807) is 40.4 Å². The van der Waals surface area contributed by atoms with Gasteiger partial charge in [-0.2, -0.15) is 0 Å². The molecule has 6 aliphatic rings. The number of carbonyl (C=O) groups excluding carboxylic acids is 5. The third-order valence-electron chi connectivity index (χ3n) is 10.2. The van der Waals surface area contributed by atoms with Crippen molar-refractivity contribution in [3.05, 3.63) is 0 Å². The van der Waals surface area contributed by atoms with Gasteiger partial charge in [-0.15, -0.1) is 0 Å². The van der Waals surface area contributed by atoms with Crippen LogP contribution in [0.25, 0.3) is 0 Å². The van der Waals surface area contributed by atoms with Gasteiger partial charge in [0.1, 0.15) is 11.2 Å². The van der Waals surface area contributed by atoms with E-state index in [1.807, 2.05) is 20.8 Å². The second-order valence-corrected chi connectivity index (χ2v) is 15.9. The van der Waals surface area contributed by atoms with Crippen LogP contribution in [-0.4, -0.2) is 149 Å². The number of carboxylic acid groups (broad SMARTS) is 2. The molecule has 4 bridgehead atoms. The molecule has 0 spiro atoms. The zero-order chi connectivity index (χ0) is 36.7. The lowest BCUT2D eigenvalue weighted by atomic mass is 9.78. The average Bonchev–Trinajstić information content (AvgIpc) is 3.84. The van der Waals surface area contributed by atoms with Crippen molar-refractivity contribution in [2.45, 2.75) is 103 Å². The van der Waals surface area contributed by atoms with Gasteiger partial charge in [-0.05, 0) is 67.2 Å². The fourth-order valence-corrected chi connectivity index (χ4v) is 7.89. The summed E-state index contributed by atoms with van der Waals surface area (Å²) in [4.78, 5) is 79.3. The van der Waals surface area contributed by atoms with Gasteiger partial charge >= 0.3 is 18.2 Å². The van der Waals surface area contributed by atoms with E-state index in [2.05, 4.69) is 0 Å². The zero-order valence-electron chi connectivity index (χ0n) is 29.8. The Morgan fingerprint density at radius 2 is 0.840 bits per heavy atom. The summed E-state index contributed by atoms with van der Waals surface area (Å²) in [6.45, 7) is 13.9. The standard InChI is InChI=1S/2C17H26N2O6/c2*1-17(2,3)25-16(23)19-8-6-18(7-9-19)14(20)12-10-4-5-11(24-10)13(12)15(21)22/h2*10-13H,4-9H2,1-3H3,(H,21,22)/p-1/t2*10-,11+,12?,13?/m00/s1. The second-order valence-electron chi connectivity index (χ2n) is 15.9. The van der Waals surface area contributed by atoms with Crippen molar-refractivity contribution in [1.82, 2.24) is 19.6 Å². The summed E-state index contributed by atoms with van der Waals surface area (Å²) >= 11 is 0.